The molecule has 9 unspecified atom stereocenters. The Hall–Kier alpha value is 0.860. The smallest absolute Gasteiger partial charge is 0.283 e. The van der Waals surface area contributed by atoms with Crippen LogP contribution < -0.4 is 0 Å². The van der Waals surface area contributed by atoms with Gasteiger partial charge >= 0.3 is 0 Å². The Morgan fingerprint density at radius 1 is 0.725 bits per heavy atom. The van der Waals surface area contributed by atoms with E-state index in [4.69, 9.17) is 87.0 Å². The standard InChI is InChI=1S/C21H39B2O14P3/c1-4-8-15(35-22)17(27-3)12(25)20(31-8)34-18-13(26)21(32-10(6-29-39)16(18)36-23)33-14-9(5-28-38)30-7(2)11(24)19(14)37-40/h7-21,24-26H,4-6,38-40H2,1-3H3/t7?,8?,9?,10?,11-,12+,13+,14-,15-,16-,17+,18+,19+,20?,21?/m0/s1/i24D,25D,26D. The lowest BCUT2D eigenvalue weighted by molar-refractivity contribution is -0.368. The molecule has 3 aliphatic heterocycles. The molecule has 0 saturated carbocycles. The molecule has 228 valence electrons. The summed E-state index contributed by atoms with van der Waals surface area (Å²) in [7, 11) is 19.0. The van der Waals surface area contributed by atoms with Gasteiger partial charge in [-0.3, -0.25) is 0 Å². The van der Waals surface area contributed by atoms with E-state index >= 15 is 0 Å². The Balaban J connectivity index is 1.97. The molecule has 0 amide bonds. The van der Waals surface area contributed by atoms with Crippen molar-refractivity contribution in [1.29, 1.82) is 4.29 Å². The van der Waals surface area contributed by atoms with Gasteiger partial charge in [0.2, 0.25) is 4.29 Å². The molecule has 4 radical (unpaired) electrons. The number of aliphatic hydroxyl groups is 3. The monoisotopic (exact) mass is 633 g/mol. The van der Waals surface area contributed by atoms with E-state index in [1.54, 1.807) is 6.92 Å². The van der Waals surface area contributed by atoms with E-state index < -0.39 is 91.9 Å². The fraction of sp³-hybridized carbons (Fsp3) is 1.00. The number of hydrogen-bond acceptors (Lipinski definition) is 14. The molecule has 0 bridgehead atoms. The zero-order valence-corrected chi connectivity index (χ0v) is 25.8. The highest BCUT2D eigenvalue weighted by molar-refractivity contribution is 7.10. The van der Waals surface area contributed by atoms with Crippen LogP contribution in [0.2, 0.25) is 0 Å². The zero-order chi connectivity index (χ0) is 31.7. The SMILES string of the molecule is [2H]O[C@H]1C(C)OC(COP)[C@H](OC2OC(COP)[C@H](O[B])[C@H](OC3OC(CC)[C@H](O[B])[C@H](OC)[C@H]3O[2H])[C@H]2O[2H])[C@@H]1OP. The Morgan fingerprint density at radius 3 is 1.75 bits per heavy atom. The maximum Gasteiger partial charge on any atom is 0.283 e. The van der Waals surface area contributed by atoms with Gasteiger partial charge in [0.25, 0.3) is 16.1 Å². The molecule has 3 N–H and O–H groups in total. The lowest BCUT2D eigenvalue weighted by atomic mass is 9.94. The quantitative estimate of drug-likeness (QED) is 0.129. The van der Waals surface area contributed by atoms with Crippen molar-refractivity contribution < 1.29 is 66.6 Å². The minimum absolute atomic E-state index is 0.0558. The van der Waals surface area contributed by atoms with E-state index in [0.29, 0.717) is 6.42 Å². The Labute approximate surface area is 248 Å². The molecule has 3 aliphatic rings. The highest BCUT2D eigenvalue weighted by atomic mass is 31.0. The summed E-state index contributed by atoms with van der Waals surface area (Å²) in [6.45, 7) is 3.55. The van der Waals surface area contributed by atoms with E-state index in [9.17, 15) is 0 Å². The molecule has 3 fully saturated rings. The fourth-order valence-corrected chi connectivity index (χ4v) is 5.93. The van der Waals surface area contributed by atoms with Crippen LogP contribution in [0.25, 0.3) is 0 Å². The number of rotatable bonds is 16. The van der Waals surface area contributed by atoms with Gasteiger partial charge in [-0.2, -0.15) is 0 Å². The topological polar surface area (TPSA) is 162 Å². The predicted octanol–water partition coefficient (Wildman–Crippen LogP) is -1.77. The van der Waals surface area contributed by atoms with Crippen molar-refractivity contribution in [2.24, 2.45) is 0 Å². The number of aliphatic hydroxyl groups excluding tert-OH is 3. The maximum absolute atomic E-state index is 7.98. The molecule has 0 spiro atoms. The van der Waals surface area contributed by atoms with E-state index in [1.807, 2.05) is 6.92 Å². The van der Waals surface area contributed by atoms with Gasteiger partial charge in [0.05, 0.1) is 37.6 Å². The average molecular weight is 633 g/mol. The largest absolute Gasteiger partial charge is 0.440 e. The third-order valence-corrected chi connectivity index (χ3v) is 8.00. The molecular weight excluding hydrogens is 591 g/mol. The first-order valence-electron chi connectivity index (χ1n) is 13.9. The molecule has 3 rings (SSSR count). The molecule has 0 aromatic rings. The van der Waals surface area contributed by atoms with Gasteiger partial charge < -0.3 is 66.6 Å². The van der Waals surface area contributed by atoms with Gasteiger partial charge in [0.15, 0.2) is 12.6 Å². The number of methoxy groups -OCH3 is 1. The fourth-order valence-electron chi connectivity index (χ4n) is 5.25. The van der Waals surface area contributed by atoms with Gasteiger partial charge in [-0.25, -0.2) is 0 Å². The summed E-state index contributed by atoms with van der Waals surface area (Å²) in [4.78, 5) is 0. The second-order valence-corrected chi connectivity index (χ2v) is 10.6. The first-order valence-corrected chi connectivity index (χ1v) is 14.1. The molecule has 3 heterocycles. The van der Waals surface area contributed by atoms with Crippen LogP contribution in [0.4, 0.5) is 0 Å². The van der Waals surface area contributed by atoms with E-state index in [-0.39, 0.29) is 13.2 Å². The Morgan fingerprint density at radius 2 is 1.25 bits per heavy atom. The maximum atomic E-state index is 7.98. The van der Waals surface area contributed by atoms with Crippen LogP contribution in [0.3, 0.4) is 0 Å². The molecule has 14 nitrogen and oxygen atoms in total. The van der Waals surface area contributed by atoms with Crippen molar-refractivity contribution in [2.45, 2.75) is 112 Å². The summed E-state index contributed by atoms with van der Waals surface area (Å²) in [6.07, 6.45) is -14.1. The highest BCUT2D eigenvalue weighted by Crippen LogP contribution is 2.35. The second kappa shape index (κ2) is 16.8. The van der Waals surface area contributed by atoms with Gasteiger partial charge in [0, 0.05) is 35.5 Å². The Kier molecular flexibility index (Phi) is 13.0. The highest BCUT2D eigenvalue weighted by Gasteiger charge is 2.54. The summed E-state index contributed by atoms with van der Waals surface area (Å²) in [5.74, 6) is 0. The van der Waals surface area contributed by atoms with E-state index in [2.05, 4.69) is 28.4 Å². The van der Waals surface area contributed by atoms with Crippen LogP contribution in [0.5, 0.6) is 0 Å². The van der Waals surface area contributed by atoms with Crippen molar-refractivity contribution in [1.82, 2.24) is 0 Å². The van der Waals surface area contributed by atoms with Gasteiger partial charge in [0.1, 0.15) is 54.9 Å². The molecule has 18 atom stereocenters. The first kappa shape index (κ1) is 30.9. The summed E-state index contributed by atoms with van der Waals surface area (Å²) >= 11 is 0. The third kappa shape index (κ3) is 7.73. The summed E-state index contributed by atoms with van der Waals surface area (Å²) in [5.41, 5.74) is 0. The van der Waals surface area contributed by atoms with Gasteiger partial charge in [-0.15, -0.1) is 0 Å². The average Bonchev–Trinajstić information content (AvgIpc) is 3.01. The van der Waals surface area contributed by atoms with Crippen molar-refractivity contribution in [3.63, 3.8) is 0 Å². The van der Waals surface area contributed by atoms with Crippen LogP contribution >= 0.6 is 28.4 Å². The van der Waals surface area contributed by atoms with Crippen molar-refractivity contribution >= 4 is 44.5 Å². The van der Waals surface area contributed by atoms with Crippen molar-refractivity contribution in [3.05, 3.63) is 0 Å². The minimum atomic E-state index is -1.35. The van der Waals surface area contributed by atoms with Crippen LogP contribution in [0.1, 0.15) is 20.3 Å². The zero-order valence-electron chi connectivity index (χ0n) is 25.4. The minimum Gasteiger partial charge on any atom is -0.440 e. The van der Waals surface area contributed by atoms with Gasteiger partial charge in [-0.1, -0.05) is 6.92 Å². The summed E-state index contributed by atoms with van der Waals surface area (Å²) in [5, 5.41) is 14.9. The number of hydrogen-bond donors (Lipinski definition) is 3. The van der Waals surface area contributed by atoms with Crippen LogP contribution in [0.15, 0.2) is 0 Å². The molecule has 0 aliphatic carbocycles. The van der Waals surface area contributed by atoms with Crippen molar-refractivity contribution in [2.75, 3.05) is 20.3 Å². The van der Waals surface area contributed by atoms with Crippen LogP contribution in [0, 0.1) is 0 Å². The molecule has 0 aromatic carbocycles. The molecule has 0 aromatic heterocycles. The molecule has 40 heavy (non-hydrogen) atoms. The number of ether oxygens (including phenoxy) is 6. The summed E-state index contributed by atoms with van der Waals surface area (Å²) in [6, 6.07) is 0. The Bertz CT molecular complexity index is 815. The normalized spacial score (nSPS) is 47.4. The summed E-state index contributed by atoms with van der Waals surface area (Å²) < 4.78 is 86.2. The lowest BCUT2D eigenvalue weighted by Crippen LogP contribution is -2.67. The first-order chi connectivity index (χ1) is 20.8. The van der Waals surface area contributed by atoms with Crippen molar-refractivity contribution in [3.8, 4) is 0 Å². The molecule has 19 heteroatoms. The second-order valence-electron chi connectivity index (χ2n) is 9.64. The third-order valence-electron chi connectivity index (χ3n) is 7.30. The molecular formula is C21H39B2O14P3. The van der Waals surface area contributed by atoms with E-state index in [0.717, 1.165) is 0 Å². The van der Waals surface area contributed by atoms with E-state index in [1.165, 1.54) is 7.11 Å². The predicted molar refractivity (Wildman–Crippen MR) is 148 cm³/mol. The van der Waals surface area contributed by atoms with Gasteiger partial charge in [-0.05, 0) is 13.3 Å². The molecule has 3 saturated heterocycles. The lowest BCUT2D eigenvalue weighted by Gasteiger charge is -2.50. The van der Waals surface area contributed by atoms with Crippen LogP contribution in [-0.2, 0) is 51.3 Å². The van der Waals surface area contributed by atoms with Crippen LogP contribution in [-0.4, -0.2) is 148 Å².